The molecule has 0 amide bonds. The van der Waals surface area contributed by atoms with Gasteiger partial charge in [-0.15, -0.1) is 11.8 Å². The Kier molecular flexibility index (Phi) is 4.84. The van der Waals surface area contributed by atoms with Gasteiger partial charge in [0.25, 0.3) is 0 Å². The van der Waals surface area contributed by atoms with Gasteiger partial charge < -0.3 is 5.11 Å². The minimum absolute atomic E-state index is 0.0157. The Bertz CT molecular complexity index is 743. The van der Waals surface area contributed by atoms with Crippen molar-refractivity contribution in [1.82, 2.24) is 0 Å². The van der Waals surface area contributed by atoms with Gasteiger partial charge in [-0.05, 0) is 35.9 Å². The first-order valence-corrected chi connectivity index (χ1v) is 7.22. The van der Waals surface area contributed by atoms with Crippen molar-refractivity contribution >= 4 is 29.3 Å². The van der Waals surface area contributed by atoms with E-state index in [0.29, 0.717) is 16.2 Å². The summed E-state index contributed by atoms with van der Waals surface area (Å²) in [5.41, 5.74) is 0.730. The van der Waals surface area contributed by atoms with Crippen LogP contribution in [0.1, 0.15) is 21.5 Å². The number of carbonyl (C=O) groups is 1. The second-order valence-electron chi connectivity index (χ2n) is 4.15. The summed E-state index contributed by atoms with van der Waals surface area (Å²) in [5, 5.41) is 17.8. The fraction of sp³-hybridized carbons (Fsp3) is 0.0667. The molecular weight excluding hydrogens is 313 g/mol. The van der Waals surface area contributed by atoms with Gasteiger partial charge in [-0.25, -0.2) is 9.18 Å². The summed E-state index contributed by atoms with van der Waals surface area (Å²) in [5.74, 6) is -1.22. The van der Waals surface area contributed by atoms with Crippen LogP contribution in [0.3, 0.4) is 0 Å². The molecule has 6 heteroatoms. The number of halogens is 2. The summed E-state index contributed by atoms with van der Waals surface area (Å²) in [7, 11) is 0. The highest BCUT2D eigenvalue weighted by molar-refractivity contribution is 7.98. The third-order valence-electron chi connectivity index (χ3n) is 2.74. The van der Waals surface area contributed by atoms with Crippen LogP contribution >= 0.6 is 23.4 Å². The lowest BCUT2D eigenvalue weighted by atomic mass is 10.1. The zero-order valence-electron chi connectivity index (χ0n) is 10.6. The Morgan fingerprint density at radius 2 is 2.10 bits per heavy atom. The molecule has 0 radical (unpaired) electrons. The molecule has 0 saturated carbocycles. The maximum absolute atomic E-state index is 13.7. The van der Waals surface area contributed by atoms with Crippen molar-refractivity contribution in [2.24, 2.45) is 0 Å². The lowest BCUT2D eigenvalue weighted by Crippen LogP contribution is -1.97. The maximum Gasteiger partial charge on any atom is 0.337 e. The number of hydrogen-bond acceptors (Lipinski definition) is 3. The first-order valence-electron chi connectivity index (χ1n) is 5.85. The molecule has 2 rings (SSSR count). The summed E-state index contributed by atoms with van der Waals surface area (Å²) < 4.78 is 13.7. The molecule has 2 aromatic rings. The normalized spacial score (nSPS) is 10.1. The van der Waals surface area contributed by atoms with Crippen molar-refractivity contribution in [3.05, 3.63) is 63.9 Å². The number of rotatable bonds is 4. The largest absolute Gasteiger partial charge is 0.478 e. The number of thioether (sulfide) groups is 1. The van der Waals surface area contributed by atoms with E-state index in [9.17, 15) is 9.18 Å². The average Bonchev–Trinajstić information content (AvgIpc) is 2.47. The maximum atomic E-state index is 13.7. The monoisotopic (exact) mass is 321 g/mol. The third-order valence-corrected chi connectivity index (χ3v) is 4.12. The van der Waals surface area contributed by atoms with Crippen molar-refractivity contribution in [3.8, 4) is 6.07 Å². The van der Waals surface area contributed by atoms with Gasteiger partial charge in [0.15, 0.2) is 0 Å². The summed E-state index contributed by atoms with van der Waals surface area (Å²) in [6.45, 7) is 0. The van der Waals surface area contributed by atoms with Gasteiger partial charge in [0.1, 0.15) is 5.82 Å². The fourth-order valence-corrected chi connectivity index (χ4v) is 2.77. The lowest BCUT2D eigenvalue weighted by Gasteiger charge is -2.06. The number of hydrogen-bond donors (Lipinski definition) is 1. The molecule has 106 valence electrons. The Morgan fingerprint density at radius 3 is 2.71 bits per heavy atom. The van der Waals surface area contributed by atoms with Crippen LogP contribution < -0.4 is 0 Å². The molecule has 21 heavy (non-hydrogen) atoms. The van der Waals surface area contributed by atoms with Crippen molar-refractivity contribution in [1.29, 1.82) is 5.26 Å². The predicted octanol–water partition coefficient (Wildman–Crippen LogP) is 4.34. The molecule has 0 heterocycles. The Hall–Kier alpha value is -2.03. The summed E-state index contributed by atoms with van der Waals surface area (Å²) >= 11 is 7.08. The molecule has 0 spiro atoms. The highest BCUT2D eigenvalue weighted by Gasteiger charge is 2.10. The van der Waals surface area contributed by atoms with E-state index >= 15 is 0 Å². The van der Waals surface area contributed by atoms with E-state index < -0.39 is 11.8 Å². The Balaban J connectivity index is 2.15. The number of nitriles is 1. The molecule has 0 fully saturated rings. The van der Waals surface area contributed by atoms with E-state index in [1.54, 1.807) is 18.2 Å². The van der Waals surface area contributed by atoms with Gasteiger partial charge >= 0.3 is 5.97 Å². The van der Waals surface area contributed by atoms with Crippen LogP contribution in [-0.2, 0) is 5.75 Å². The van der Waals surface area contributed by atoms with Gasteiger partial charge in [-0.2, -0.15) is 5.26 Å². The molecular formula is C15H9ClFNO2S. The highest BCUT2D eigenvalue weighted by atomic mass is 35.5. The van der Waals surface area contributed by atoms with Crippen LogP contribution in [-0.4, -0.2) is 11.1 Å². The molecule has 2 aromatic carbocycles. The molecule has 0 saturated heterocycles. The van der Waals surface area contributed by atoms with Gasteiger partial charge in [0.2, 0.25) is 0 Å². The van der Waals surface area contributed by atoms with Crippen LogP contribution in [0.15, 0.2) is 41.3 Å². The van der Waals surface area contributed by atoms with Crippen molar-refractivity contribution in [3.63, 3.8) is 0 Å². The number of carboxylic acids is 1. The second-order valence-corrected chi connectivity index (χ2v) is 5.61. The summed E-state index contributed by atoms with van der Waals surface area (Å²) in [6.07, 6.45) is 0. The molecule has 0 unspecified atom stereocenters. The minimum atomic E-state index is -1.10. The number of carboxylic acid groups (broad SMARTS) is 1. The summed E-state index contributed by atoms with van der Waals surface area (Å²) in [6, 6.07) is 10.8. The van der Waals surface area contributed by atoms with Crippen molar-refractivity contribution in [2.75, 3.05) is 0 Å². The summed E-state index contributed by atoms with van der Waals surface area (Å²) in [4.78, 5) is 11.7. The molecule has 3 nitrogen and oxygen atoms in total. The quantitative estimate of drug-likeness (QED) is 0.851. The van der Waals surface area contributed by atoms with Crippen LogP contribution in [0.2, 0.25) is 5.02 Å². The zero-order chi connectivity index (χ0) is 15.4. The van der Waals surface area contributed by atoms with Crippen molar-refractivity contribution in [2.45, 2.75) is 10.6 Å². The molecule has 0 aliphatic rings. The Labute approximate surface area is 130 Å². The third kappa shape index (κ3) is 3.75. The van der Waals surface area contributed by atoms with E-state index in [1.807, 2.05) is 6.07 Å². The fourth-order valence-electron chi connectivity index (χ4n) is 1.65. The van der Waals surface area contributed by atoms with Gasteiger partial charge in [0, 0.05) is 10.6 Å². The minimum Gasteiger partial charge on any atom is -0.478 e. The predicted molar refractivity (Wildman–Crippen MR) is 79.1 cm³/mol. The highest BCUT2D eigenvalue weighted by Crippen LogP contribution is 2.28. The van der Waals surface area contributed by atoms with Crippen LogP contribution in [0.25, 0.3) is 0 Å². The molecule has 0 aliphatic carbocycles. The average molecular weight is 322 g/mol. The lowest BCUT2D eigenvalue weighted by molar-refractivity contribution is 0.0697. The SMILES string of the molecule is N#Cc1ccc(CSc2ccc(Cl)c(C(=O)O)c2)c(F)c1. The number of aromatic carboxylic acids is 1. The van der Waals surface area contributed by atoms with E-state index in [1.165, 1.54) is 30.0 Å². The van der Waals surface area contributed by atoms with Crippen LogP contribution in [0, 0.1) is 17.1 Å². The van der Waals surface area contributed by atoms with Crippen LogP contribution in [0.4, 0.5) is 4.39 Å². The topological polar surface area (TPSA) is 61.1 Å². The van der Waals surface area contributed by atoms with Crippen LogP contribution in [0.5, 0.6) is 0 Å². The number of benzene rings is 2. The molecule has 0 bridgehead atoms. The molecule has 0 atom stereocenters. The second kappa shape index (κ2) is 6.61. The van der Waals surface area contributed by atoms with E-state index in [-0.39, 0.29) is 16.1 Å². The Morgan fingerprint density at radius 1 is 1.33 bits per heavy atom. The standard InChI is InChI=1S/C15H9ClFNO2S/c16-13-4-3-11(6-12(13)15(19)20)21-8-10-2-1-9(7-18)5-14(10)17/h1-6H,8H2,(H,19,20). The van der Waals surface area contributed by atoms with E-state index in [2.05, 4.69) is 0 Å². The van der Waals surface area contributed by atoms with E-state index in [0.717, 1.165) is 0 Å². The van der Waals surface area contributed by atoms with Gasteiger partial charge in [-0.3, -0.25) is 0 Å². The number of nitrogens with zero attached hydrogens (tertiary/aromatic N) is 1. The van der Waals surface area contributed by atoms with E-state index in [4.69, 9.17) is 22.0 Å². The zero-order valence-corrected chi connectivity index (χ0v) is 12.2. The molecule has 1 N–H and O–H groups in total. The molecule has 0 aliphatic heterocycles. The van der Waals surface area contributed by atoms with Crippen molar-refractivity contribution < 1.29 is 14.3 Å². The van der Waals surface area contributed by atoms with Gasteiger partial charge in [0.05, 0.1) is 22.2 Å². The molecule has 0 aromatic heterocycles. The first-order chi connectivity index (χ1) is 10.0. The van der Waals surface area contributed by atoms with Gasteiger partial charge in [-0.1, -0.05) is 17.7 Å². The first kappa shape index (κ1) is 15.4. The smallest absolute Gasteiger partial charge is 0.337 e.